The Morgan fingerprint density at radius 1 is 0.980 bits per heavy atom. The fourth-order valence-electron chi connectivity index (χ4n) is 3.40. The average molecular weight is 1120 g/mol. The largest absolute Gasteiger partial charge is 0.464 e. The van der Waals surface area contributed by atoms with E-state index in [1.54, 1.807) is 41.3 Å². The summed E-state index contributed by atoms with van der Waals surface area (Å²) >= 11 is 9.64. The minimum absolute atomic E-state index is 0. The third-order valence-electron chi connectivity index (χ3n) is 5.46. The van der Waals surface area contributed by atoms with Gasteiger partial charge in [-0.05, 0) is 81.2 Å². The summed E-state index contributed by atoms with van der Waals surface area (Å²) in [5.41, 5.74) is 0.953. The van der Waals surface area contributed by atoms with Crippen molar-refractivity contribution in [2.75, 3.05) is 33.3 Å². The van der Waals surface area contributed by atoms with Crippen LogP contribution >= 0.6 is 47.8 Å². The van der Waals surface area contributed by atoms with Crippen molar-refractivity contribution in [1.82, 2.24) is 19.0 Å². The van der Waals surface area contributed by atoms with Gasteiger partial charge in [0.1, 0.15) is 22.8 Å². The van der Waals surface area contributed by atoms with Gasteiger partial charge >= 0.3 is 11.9 Å². The standard InChI is InChI=1S/C9H8BrN3O2.C8H4BrN3O.C7H13NO2.C6H7BrN2O2.BH.U/c1-15-9(14)8-5-7(10)6-13(8)12-4-2-3-11;9-6-1-7-8(13)5(2-10)3-11-12(7)4-6;1-3-9-7(5-6-8)10-4-2;1-11-6(10)5-2-4(7)3-9(5)8;;/h4-6H,2H2,1H3;1,3-4,11H;7H,3-5H2,1-2H3;2-3H,8H2,1H3;1H;/b12-4+;;;;;/i;;;;1D;. The van der Waals surface area contributed by atoms with Gasteiger partial charge in [0.05, 0.1) is 39.2 Å². The molecule has 51 heavy (non-hydrogen) atoms. The molecule has 268 valence electrons. The summed E-state index contributed by atoms with van der Waals surface area (Å²) in [5, 5.41) is 31.9. The number of esters is 2. The Morgan fingerprint density at radius 2 is 1.53 bits per heavy atom. The Bertz CT molecular complexity index is 1910. The molecule has 0 unspecified atom stereocenters. The number of aromatic nitrogens is 4. The molecule has 0 amide bonds. The Labute approximate surface area is 346 Å². The van der Waals surface area contributed by atoms with Crippen LogP contribution in [0.4, 0.5) is 0 Å². The number of H-pyrrole nitrogens is 1. The van der Waals surface area contributed by atoms with Crippen molar-refractivity contribution in [3.05, 3.63) is 83.6 Å². The van der Waals surface area contributed by atoms with E-state index >= 15 is 0 Å². The summed E-state index contributed by atoms with van der Waals surface area (Å²) in [6.07, 6.45) is 7.88. The number of nitrogens with two attached hydrogens (primary N) is 1. The maximum atomic E-state index is 11.5. The molecule has 0 aliphatic carbocycles. The SMILES string of the molecule is CCOC(CC#N)OCC.COC(=O)c1cc(Br)cn1/N=C/CC#N.COC(=O)c1cc(Br)cn1N.N#Cc1c[nH]n2cc(Br)cc2c1=O.[2H][B].[U]. The van der Waals surface area contributed by atoms with Crippen molar-refractivity contribution in [2.45, 2.75) is 33.0 Å². The maximum absolute atomic E-state index is 11.5. The van der Waals surface area contributed by atoms with Crippen molar-refractivity contribution in [3.63, 3.8) is 0 Å². The fourth-order valence-corrected chi connectivity index (χ4v) is 4.67. The number of halogens is 3. The van der Waals surface area contributed by atoms with Crippen LogP contribution in [0.5, 0.6) is 0 Å². The number of methoxy groups -OCH3 is 2. The molecule has 4 heterocycles. The fraction of sp³-hybridized carbons (Fsp3) is 0.300. The van der Waals surface area contributed by atoms with Crippen LogP contribution < -0.4 is 11.3 Å². The van der Waals surface area contributed by atoms with Gasteiger partial charge in [0.25, 0.3) is 0 Å². The molecule has 0 aliphatic heterocycles. The first-order valence-electron chi connectivity index (χ1n) is 14.4. The summed E-state index contributed by atoms with van der Waals surface area (Å²) < 4.78 is 30.8. The van der Waals surface area contributed by atoms with Crippen LogP contribution in [0.25, 0.3) is 5.52 Å². The number of ether oxygens (including phenoxy) is 4. The van der Waals surface area contributed by atoms with Crippen LogP contribution in [0.3, 0.4) is 0 Å². The zero-order chi connectivity index (χ0) is 38.9. The van der Waals surface area contributed by atoms with E-state index in [2.05, 4.69) is 75.8 Å². The molecular weight excluding hydrogens is 1090 g/mol. The Kier molecular flexibility index (Phi) is 25.2. The van der Waals surface area contributed by atoms with E-state index in [-0.39, 0.29) is 54.8 Å². The number of fused-ring (bicyclic) bond motifs is 1. The number of nitriles is 3. The van der Waals surface area contributed by atoms with Crippen LogP contribution in [0.2, 0.25) is 0 Å². The summed E-state index contributed by atoms with van der Waals surface area (Å²) in [7, 11) is 6.36. The summed E-state index contributed by atoms with van der Waals surface area (Å²) in [4.78, 5) is 33.7. The normalized spacial score (nSPS) is 9.71. The smallest absolute Gasteiger partial charge is 0.356 e. The van der Waals surface area contributed by atoms with Crippen LogP contribution in [0.1, 0.15) is 53.2 Å². The molecule has 21 heteroatoms. The molecule has 0 atom stereocenters. The molecule has 0 fully saturated rings. The summed E-state index contributed by atoms with van der Waals surface area (Å²) in [6.45, 7) is 4.94. The van der Waals surface area contributed by atoms with Crippen LogP contribution in [0, 0.1) is 65.1 Å². The van der Waals surface area contributed by atoms with E-state index in [4.69, 9.17) is 32.4 Å². The number of carbonyl (C=O) groups excluding carboxylic acids is 2. The van der Waals surface area contributed by atoms with Crippen molar-refractivity contribution < 1.29 is 59.6 Å². The van der Waals surface area contributed by atoms with Gasteiger partial charge in [-0.3, -0.25) is 14.0 Å². The minimum Gasteiger partial charge on any atom is -0.464 e. The van der Waals surface area contributed by atoms with Gasteiger partial charge in [-0.15, -0.1) is 0 Å². The molecule has 2 radical (unpaired) electrons. The van der Waals surface area contributed by atoms with Gasteiger partial charge in [-0.25, -0.2) is 14.3 Å². The average Bonchev–Trinajstić information content (AvgIpc) is 3.81. The number of hydrogen-bond acceptors (Lipinski definition) is 12. The first-order valence-corrected chi connectivity index (χ1v) is 16.3. The number of rotatable bonds is 9. The Hall–Kier alpha value is -3.59. The first kappa shape index (κ1) is 47.4. The molecule has 0 saturated heterocycles. The Morgan fingerprint density at radius 3 is 2.02 bits per heavy atom. The van der Waals surface area contributed by atoms with E-state index in [1.165, 1.54) is 36.0 Å². The Balaban J connectivity index is 0. The quantitative estimate of drug-likeness (QED) is 0.0783. The van der Waals surface area contributed by atoms with Gasteiger partial charge in [-0.2, -0.15) is 20.9 Å². The molecule has 0 bridgehead atoms. The molecule has 0 saturated carbocycles. The van der Waals surface area contributed by atoms with Crippen molar-refractivity contribution >= 4 is 79.8 Å². The van der Waals surface area contributed by atoms with E-state index in [0.717, 1.165) is 13.4 Å². The third kappa shape index (κ3) is 17.0. The topological polar surface area (TPSA) is 228 Å². The van der Waals surface area contributed by atoms with E-state index < -0.39 is 11.9 Å². The number of carbonyl (C=O) groups is 2. The monoisotopic (exact) mass is 1120 g/mol. The van der Waals surface area contributed by atoms with Crippen LogP contribution in [0.15, 0.2) is 66.3 Å². The molecular formula is C30H33BBr3N9O7U. The zero-order valence-electron chi connectivity index (χ0n) is 28.8. The van der Waals surface area contributed by atoms with Crippen molar-refractivity contribution in [3.8, 4) is 18.2 Å². The molecule has 16 nitrogen and oxygen atoms in total. The zero-order valence-corrected chi connectivity index (χ0v) is 36.7. The second-order valence-electron chi connectivity index (χ2n) is 8.73. The van der Waals surface area contributed by atoms with Gasteiger partial charge < -0.3 is 29.9 Å². The molecule has 0 aromatic carbocycles. The van der Waals surface area contributed by atoms with E-state index in [0.29, 0.717) is 36.5 Å². The number of aromatic amines is 1. The van der Waals surface area contributed by atoms with Gasteiger partial charge in [-0.1, -0.05) is 0 Å². The molecule has 0 aliphatic rings. The van der Waals surface area contributed by atoms with Crippen LogP contribution in [-0.4, -0.2) is 80.6 Å². The second-order valence-corrected chi connectivity index (χ2v) is 11.5. The number of nitrogens with zero attached hydrogens (tertiary/aromatic N) is 7. The van der Waals surface area contributed by atoms with Crippen molar-refractivity contribution in [1.29, 1.82) is 17.1 Å². The van der Waals surface area contributed by atoms with Crippen LogP contribution in [-0.2, 0) is 18.9 Å². The third-order valence-corrected chi connectivity index (χ3v) is 6.76. The first-order chi connectivity index (χ1) is 24.4. The van der Waals surface area contributed by atoms with Gasteiger partial charge in [0.15, 0.2) is 12.0 Å². The van der Waals surface area contributed by atoms with Crippen molar-refractivity contribution in [2.24, 2.45) is 5.10 Å². The van der Waals surface area contributed by atoms with E-state index in [1.807, 2.05) is 32.1 Å². The molecule has 4 aromatic heterocycles. The number of nitrogens with one attached hydrogen (secondary N) is 1. The van der Waals surface area contributed by atoms with Gasteiger partial charge in [0, 0.05) is 97.1 Å². The summed E-state index contributed by atoms with van der Waals surface area (Å²) in [6, 6.07) is 10.6. The predicted octanol–water partition coefficient (Wildman–Crippen LogP) is 4.45. The summed E-state index contributed by atoms with van der Waals surface area (Å²) in [5.74, 6) is 4.48. The maximum Gasteiger partial charge on any atom is 0.356 e. The molecule has 3 N–H and O–H groups in total. The van der Waals surface area contributed by atoms with Gasteiger partial charge in [0.2, 0.25) is 5.43 Å². The molecule has 4 rings (SSSR count). The number of nitrogen functional groups attached to an aromatic ring is 1. The minimum atomic E-state index is -0.477. The van der Waals surface area contributed by atoms with E-state index in [9.17, 15) is 14.4 Å². The molecule has 4 aromatic rings. The molecule has 0 spiro atoms. The number of hydrogen-bond donors (Lipinski definition) is 2. The predicted molar refractivity (Wildman–Crippen MR) is 196 cm³/mol. The second kappa shape index (κ2) is 27.1.